The van der Waals surface area contributed by atoms with E-state index in [0.717, 1.165) is 5.56 Å². The molecule has 21 heavy (non-hydrogen) atoms. The molecule has 0 atom stereocenters. The minimum Gasteiger partial charge on any atom is -0.218 e. The molecule has 0 aromatic heterocycles. The number of hydrogen-bond acceptors (Lipinski definition) is 4. The average Bonchev–Trinajstić information content (AvgIpc) is 2.48. The first-order chi connectivity index (χ1) is 10.1. The summed E-state index contributed by atoms with van der Waals surface area (Å²) in [4.78, 5) is 0.411. The van der Waals surface area contributed by atoms with Gasteiger partial charge in [0.15, 0.2) is 0 Å². The van der Waals surface area contributed by atoms with Gasteiger partial charge in [-0.2, -0.15) is 10.5 Å². The summed E-state index contributed by atoms with van der Waals surface area (Å²) in [7, 11) is -3.69. The highest BCUT2D eigenvalue weighted by molar-refractivity contribution is 7.95. The fourth-order valence-corrected chi connectivity index (χ4v) is 4.72. The van der Waals surface area contributed by atoms with Crippen molar-refractivity contribution in [2.24, 2.45) is 0 Å². The molecule has 2 aliphatic rings. The van der Waals surface area contributed by atoms with Gasteiger partial charge < -0.3 is 0 Å². The predicted octanol–water partition coefficient (Wildman–Crippen LogP) is 2.57. The van der Waals surface area contributed by atoms with Gasteiger partial charge in [-0.05, 0) is 23.6 Å². The Morgan fingerprint density at radius 1 is 1.14 bits per heavy atom. The molecule has 0 saturated heterocycles. The number of sulfone groups is 1. The van der Waals surface area contributed by atoms with Crippen molar-refractivity contribution in [1.82, 2.24) is 0 Å². The second-order valence-corrected chi connectivity index (χ2v) is 6.68. The van der Waals surface area contributed by atoms with Crippen molar-refractivity contribution in [3.05, 3.63) is 63.6 Å². The van der Waals surface area contributed by atoms with Crippen molar-refractivity contribution < 1.29 is 8.42 Å². The molecule has 5 heteroatoms. The minimum atomic E-state index is -3.69. The molecule has 1 aromatic rings. The van der Waals surface area contributed by atoms with E-state index in [4.69, 9.17) is 10.5 Å². The second-order valence-electron chi connectivity index (χ2n) is 4.83. The molecule has 4 nitrogen and oxygen atoms in total. The lowest BCUT2D eigenvalue weighted by Crippen LogP contribution is -2.19. The van der Waals surface area contributed by atoms with E-state index in [0.29, 0.717) is 17.6 Å². The Bertz CT molecular complexity index is 904. The van der Waals surface area contributed by atoms with Crippen molar-refractivity contribution >= 4 is 9.84 Å². The van der Waals surface area contributed by atoms with E-state index in [1.807, 2.05) is 0 Å². The van der Waals surface area contributed by atoms with Gasteiger partial charge in [0.1, 0.15) is 17.7 Å². The smallest absolute Gasteiger partial charge is 0.207 e. The zero-order valence-electron chi connectivity index (χ0n) is 11.0. The first-order valence-electron chi connectivity index (χ1n) is 6.36. The lowest BCUT2D eigenvalue weighted by Gasteiger charge is -2.25. The molecule has 0 saturated carbocycles. The van der Waals surface area contributed by atoms with Crippen molar-refractivity contribution in [1.29, 1.82) is 10.5 Å². The second kappa shape index (κ2) is 4.73. The Morgan fingerprint density at radius 2 is 1.86 bits per heavy atom. The van der Waals surface area contributed by atoms with Crippen LogP contribution in [0.3, 0.4) is 0 Å². The van der Waals surface area contributed by atoms with Gasteiger partial charge in [0.25, 0.3) is 0 Å². The molecule has 0 spiro atoms. The third-order valence-corrected chi connectivity index (χ3v) is 5.67. The molecule has 0 radical (unpaired) electrons. The number of nitrogens with zero attached hydrogens (tertiary/aromatic N) is 2. The highest BCUT2D eigenvalue weighted by Gasteiger charge is 2.35. The number of allylic oxidation sites excluding steroid dienone is 5. The first kappa shape index (κ1) is 13.4. The van der Waals surface area contributed by atoms with Crippen LogP contribution in [0.15, 0.2) is 62.9 Å². The van der Waals surface area contributed by atoms with Crippen LogP contribution in [0.5, 0.6) is 0 Å². The van der Waals surface area contributed by atoms with Crippen LogP contribution in [0.25, 0.3) is 0 Å². The van der Waals surface area contributed by atoms with Gasteiger partial charge >= 0.3 is 0 Å². The van der Waals surface area contributed by atoms with E-state index in [1.165, 1.54) is 0 Å². The molecular weight excluding hydrogens is 284 g/mol. The number of nitriles is 2. The molecule has 1 aliphatic carbocycles. The zero-order valence-corrected chi connectivity index (χ0v) is 11.8. The van der Waals surface area contributed by atoms with Gasteiger partial charge in [0.05, 0.1) is 9.80 Å². The van der Waals surface area contributed by atoms with Crippen molar-refractivity contribution in [3.63, 3.8) is 0 Å². The molecule has 0 fully saturated rings. The average molecular weight is 294 g/mol. The summed E-state index contributed by atoms with van der Waals surface area (Å²) in [5.74, 6) is 0. The largest absolute Gasteiger partial charge is 0.218 e. The number of benzene rings is 1. The van der Waals surface area contributed by atoms with Gasteiger partial charge in [-0.1, -0.05) is 30.4 Å². The topological polar surface area (TPSA) is 81.7 Å². The van der Waals surface area contributed by atoms with Crippen molar-refractivity contribution in [2.45, 2.75) is 17.7 Å². The zero-order chi connectivity index (χ0) is 15.0. The number of hydrogen-bond donors (Lipinski definition) is 0. The van der Waals surface area contributed by atoms with Crippen LogP contribution in [0.1, 0.15) is 12.0 Å². The van der Waals surface area contributed by atoms with Crippen LogP contribution in [-0.2, 0) is 16.3 Å². The SMILES string of the molecule is N#CC(C#N)=C1CC=CC2=C1S(=O)(=O)c1ccccc1C2. The summed E-state index contributed by atoms with van der Waals surface area (Å²) in [6.07, 6.45) is 4.36. The maximum atomic E-state index is 12.8. The van der Waals surface area contributed by atoms with Crippen LogP contribution in [0.2, 0.25) is 0 Å². The monoisotopic (exact) mass is 294 g/mol. The molecule has 0 unspecified atom stereocenters. The molecular formula is C16H10N2O2S. The molecule has 102 valence electrons. The van der Waals surface area contributed by atoms with E-state index in [2.05, 4.69) is 0 Å². The Kier molecular flexibility index (Phi) is 3.01. The molecule has 1 heterocycles. The summed E-state index contributed by atoms with van der Waals surface area (Å²) < 4.78 is 25.7. The normalized spacial score (nSPS) is 18.3. The lowest BCUT2D eigenvalue weighted by atomic mass is 9.93. The molecule has 1 aromatic carbocycles. The highest BCUT2D eigenvalue weighted by atomic mass is 32.2. The number of fused-ring (bicyclic) bond motifs is 1. The van der Waals surface area contributed by atoms with Crippen LogP contribution in [0, 0.1) is 22.7 Å². The first-order valence-corrected chi connectivity index (χ1v) is 7.84. The van der Waals surface area contributed by atoms with Crippen LogP contribution in [0.4, 0.5) is 0 Å². The van der Waals surface area contributed by atoms with Crippen LogP contribution in [-0.4, -0.2) is 8.42 Å². The van der Waals surface area contributed by atoms with Gasteiger partial charge in [-0.3, -0.25) is 0 Å². The van der Waals surface area contributed by atoms with E-state index < -0.39 is 9.84 Å². The number of rotatable bonds is 0. The summed E-state index contributed by atoms with van der Waals surface area (Å²) in [6.45, 7) is 0. The Labute approximate surface area is 122 Å². The maximum Gasteiger partial charge on any atom is 0.207 e. The summed E-state index contributed by atoms with van der Waals surface area (Å²) in [5.41, 5.74) is 1.58. The highest BCUT2D eigenvalue weighted by Crippen LogP contribution is 2.41. The van der Waals surface area contributed by atoms with Gasteiger partial charge in [-0.15, -0.1) is 0 Å². The Morgan fingerprint density at radius 3 is 2.57 bits per heavy atom. The Balaban J connectivity index is 2.35. The Hall–Kier alpha value is -2.63. The fraction of sp³-hybridized carbons (Fsp3) is 0.125. The van der Waals surface area contributed by atoms with Crippen molar-refractivity contribution in [3.8, 4) is 12.1 Å². The van der Waals surface area contributed by atoms with E-state index in [9.17, 15) is 8.42 Å². The molecule has 3 rings (SSSR count). The third-order valence-electron chi connectivity index (χ3n) is 3.64. The maximum absolute atomic E-state index is 12.8. The van der Waals surface area contributed by atoms with E-state index in [-0.39, 0.29) is 21.8 Å². The quantitative estimate of drug-likeness (QED) is 0.689. The standard InChI is InChI=1S/C16H10N2O2S/c17-9-13(10-18)14-6-3-5-12-8-11-4-1-2-7-15(11)21(19,20)16(12)14/h1-5,7H,6,8H2. The van der Waals surface area contributed by atoms with Crippen LogP contribution < -0.4 is 0 Å². The summed E-state index contributed by atoms with van der Waals surface area (Å²) in [6, 6.07) is 10.5. The summed E-state index contributed by atoms with van der Waals surface area (Å²) in [5, 5.41) is 18.1. The van der Waals surface area contributed by atoms with E-state index >= 15 is 0 Å². The molecule has 0 N–H and O–H groups in total. The van der Waals surface area contributed by atoms with Gasteiger partial charge in [0.2, 0.25) is 9.84 Å². The molecule has 0 bridgehead atoms. The fourth-order valence-electron chi connectivity index (χ4n) is 2.76. The third kappa shape index (κ3) is 1.91. The molecule has 0 amide bonds. The lowest BCUT2D eigenvalue weighted by molar-refractivity contribution is 0.599. The molecule has 1 aliphatic heterocycles. The van der Waals surface area contributed by atoms with Gasteiger partial charge in [0, 0.05) is 12.0 Å². The van der Waals surface area contributed by atoms with Gasteiger partial charge in [-0.25, -0.2) is 8.42 Å². The van der Waals surface area contributed by atoms with E-state index in [1.54, 1.807) is 48.6 Å². The van der Waals surface area contributed by atoms with Crippen molar-refractivity contribution in [2.75, 3.05) is 0 Å². The predicted molar refractivity (Wildman–Crippen MR) is 76.4 cm³/mol. The minimum absolute atomic E-state index is 0.130. The summed E-state index contributed by atoms with van der Waals surface area (Å²) >= 11 is 0. The van der Waals surface area contributed by atoms with Crippen LogP contribution >= 0.6 is 0 Å².